The van der Waals surface area contributed by atoms with Gasteiger partial charge in [0.1, 0.15) is 0 Å². The molecule has 2 N–H and O–H groups in total. The topological polar surface area (TPSA) is 47.7 Å². The molecule has 0 aromatic carbocycles. The lowest BCUT2D eigenvalue weighted by Crippen LogP contribution is -2.52. The molecular weight excluding hydrogens is 180 g/mol. The molecule has 1 aliphatic heterocycles. The van der Waals surface area contributed by atoms with E-state index < -0.39 is 0 Å². The predicted molar refractivity (Wildman–Crippen MR) is 56.3 cm³/mol. The highest BCUT2D eigenvalue weighted by Crippen LogP contribution is 2.11. The van der Waals surface area contributed by atoms with Gasteiger partial charge in [0, 0.05) is 32.8 Å². The second-order valence-corrected chi connectivity index (χ2v) is 4.04. The Balaban J connectivity index is 2.40. The summed E-state index contributed by atoms with van der Waals surface area (Å²) in [5, 5.41) is 0. The van der Waals surface area contributed by atoms with Crippen molar-refractivity contribution < 1.29 is 9.47 Å². The number of ether oxygens (including phenoxy) is 2. The van der Waals surface area contributed by atoms with E-state index in [2.05, 4.69) is 18.7 Å². The van der Waals surface area contributed by atoms with Crippen LogP contribution in [0, 0.1) is 0 Å². The van der Waals surface area contributed by atoms with Crippen molar-refractivity contribution in [2.45, 2.75) is 32.1 Å². The number of methoxy groups -OCH3 is 1. The maximum atomic E-state index is 5.59. The lowest BCUT2D eigenvalue weighted by atomic mass is 10.2. The number of hydrogen-bond acceptors (Lipinski definition) is 4. The highest BCUT2D eigenvalue weighted by atomic mass is 16.5. The van der Waals surface area contributed by atoms with E-state index in [1.165, 1.54) is 0 Å². The summed E-state index contributed by atoms with van der Waals surface area (Å²) in [5.74, 6) is 0. The number of morpholine rings is 1. The molecule has 3 unspecified atom stereocenters. The third-order valence-electron chi connectivity index (χ3n) is 2.79. The molecule has 0 aromatic rings. The molecule has 0 amide bonds. The molecule has 0 aliphatic carbocycles. The smallest absolute Gasteiger partial charge is 0.0824 e. The lowest BCUT2D eigenvalue weighted by Gasteiger charge is -2.38. The van der Waals surface area contributed by atoms with Crippen LogP contribution in [-0.4, -0.2) is 56.5 Å². The van der Waals surface area contributed by atoms with Crippen molar-refractivity contribution in [3.05, 3.63) is 0 Å². The molecule has 0 aromatic heterocycles. The summed E-state index contributed by atoms with van der Waals surface area (Å²) in [5.41, 5.74) is 5.59. The van der Waals surface area contributed by atoms with Crippen LogP contribution in [-0.2, 0) is 9.47 Å². The Morgan fingerprint density at radius 1 is 1.64 bits per heavy atom. The maximum Gasteiger partial charge on any atom is 0.0824 e. The van der Waals surface area contributed by atoms with Gasteiger partial charge in [-0.25, -0.2) is 0 Å². The van der Waals surface area contributed by atoms with Crippen LogP contribution in [0.15, 0.2) is 0 Å². The molecule has 1 fully saturated rings. The molecule has 0 saturated carbocycles. The fourth-order valence-electron chi connectivity index (χ4n) is 1.68. The average molecular weight is 202 g/mol. The molecule has 1 rings (SSSR count). The SMILES string of the molecule is COC(C)CN1CC(CN)OCC1C. The van der Waals surface area contributed by atoms with Gasteiger partial charge in [0.15, 0.2) is 0 Å². The van der Waals surface area contributed by atoms with E-state index in [0.717, 1.165) is 19.7 Å². The lowest BCUT2D eigenvalue weighted by molar-refractivity contribution is -0.0671. The van der Waals surface area contributed by atoms with Crippen LogP contribution >= 0.6 is 0 Å². The maximum absolute atomic E-state index is 5.59. The normalized spacial score (nSPS) is 31.7. The molecule has 1 aliphatic rings. The molecule has 14 heavy (non-hydrogen) atoms. The molecule has 0 bridgehead atoms. The van der Waals surface area contributed by atoms with Crippen molar-refractivity contribution in [2.24, 2.45) is 5.73 Å². The minimum atomic E-state index is 0.190. The minimum Gasteiger partial charge on any atom is -0.380 e. The van der Waals surface area contributed by atoms with E-state index in [0.29, 0.717) is 12.6 Å². The van der Waals surface area contributed by atoms with Crippen LogP contribution < -0.4 is 5.73 Å². The van der Waals surface area contributed by atoms with Crippen LogP contribution in [0.5, 0.6) is 0 Å². The zero-order valence-corrected chi connectivity index (χ0v) is 9.40. The van der Waals surface area contributed by atoms with E-state index >= 15 is 0 Å². The summed E-state index contributed by atoms with van der Waals surface area (Å²) in [7, 11) is 1.75. The molecular formula is C10H22N2O2. The van der Waals surface area contributed by atoms with Crippen LogP contribution in [0.1, 0.15) is 13.8 Å². The van der Waals surface area contributed by atoms with Gasteiger partial charge >= 0.3 is 0 Å². The standard InChI is InChI=1S/C10H22N2O2/c1-8-7-14-10(4-11)6-12(8)5-9(2)13-3/h8-10H,4-7,11H2,1-3H3. The third-order valence-corrected chi connectivity index (χ3v) is 2.79. The van der Waals surface area contributed by atoms with E-state index in [4.69, 9.17) is 15.2 Å². The van der Waals surface area contributed by atoms with Crippen LogP contribution in [0.4, 0.5) is 0 Å². The Morgan fingerprint density at radius 2 is 2.36 bits per heavy atom. The number of nitrogens with zero attached hydrogens (tertiary/aromatic N) is 1. The van der Waals surface area contributed by atoms with Crippen molar-refractivity contribution in [3.63, 3.8) is 0 Å². The Morgan fingerprint density at radius 3 is 2.93 bits per heavy atom. The molecule has 4 heteroatoms. The zero-order valence-electron chi connectivity index (χ0n) is 9.40. The molecule has 0 spiro atoms. The van der Waals surface area contributed by atoms with Gasteiger partial charge in [0.05, 0.1) is 18.8 Å². The van der Waals surface area contributed by atoms with Crippen LogP contribution in [0.25, 0.3) is 0 Å². The predicted octanol–water partition coefficient (Wildman–Crippen LogP) is 0.0693. The number of hydrogen-bond donors (Lipinski definition) is 1. The molecule has 4 nitrogen and oxygen atoms in total. The first-order valence-corrected chi connectivity index (χ1v) is 5.25. The van der Waals surface area contributed by atoms with E-state index in [1.807, 2.05) is 0 Å². The van der Waals surface area contributed by atoms with Gasteiger partial charge in [-0.2, -0.15) is 0 Å². The largest absolute Gasteiger partial charge is 0.380 e. The fraction of sp³-hybridized carbons (Fsp3) is 1.00. The van der Waals surface area contributed by atoms with Gasteiger partial charge in [-0.05, 0) is 13.8 Å². The van der Waals surface area contributed by atoms with Crippen molar-refractivity contribution >= 4 is 0 Å². The fourth-order valence-corrected chi connectivity index (χ4v) is 1.68. The molecule has 3 atom stereocenters. The summed E-state index contributed by atoms with van der Waals surface area (Å²) >= 11 is 0. The summed E-state index contributed by atoms with van der Waals surface area (Å²) in [4.78, 5) is 2.38. The van der Waals surface area contributed by atoms with Crippen molar-refractivity contribution in [1.29, 1.82) is 0 Å². The monoisotopic (exact) mass is 202 g/mol. The Hall–Kier alpha value is -0.160. The number of rotatable bonds is 4. The van der Waals surface area contributed by atoms with Crippen molar-refractivity contribution in [1.82, 2.24) is 4.90 Å². The second-order valence-electron chi connectivity index (χ2n) is 4.04. The van der Waals surface area contributed by atoms with Gasteiger partial charge in [0.25, 0.3) is 0 Å². The highest BCUT2D eigenvalue weighted by Gasteiger charge is 2.25. The van der Waals surface area contributed by atoms with Gasteiger partial charge in [-0.3, -0.25) is 4.90 Å². The van der Waals surface area contributed by atoms with Crippen molar-refractivity contribution in [3.8, 4) is 0 Å². The summed E-state index contributed by atoms with van der Waals surface area (Å²) in [6.07, 6.45) is 0.462. The zero-order chi connectivity index (χ0) is 10.6. The van der Waals surface area contributed by atoms with E-state index in [1.54, 1.807) is 7.11 Å². The first-order valence-electron chi connectivity index (χ1n) is 5.25. The second kappa shape index (κ2) is 5.66. The van der Waals surface area contributed by atoms with Gasteiger partial charge in [0.2, 0.25) is 0 Å². The van der Waals surface area contributed by atoms with Gasteiger partial charge < -0.3 is 15.2 Å². The van der Waals surface area contributed by atoms with Gasteiger partial charge in [-0.15, -0.1) is 0 Å². The van der Waals surface area contributed by atoms with Crippen LogP contribution in [0.2, 0.25) is 0 Å². The summed E-state index contributed by atoms with van der Waals surface area (Å²) in [6, 6.07) is 0.468. The Kier molecular flexibility index (Phi) is 4.81. The summed E-state index contributed by atoms with van der Waals surface area (Å²) < 4.78 is 10.8. The van der Waals surface area contributed by atoms with Crippen LogP contribution in [0.3, 0.4) is 0 Å². The molecule has 1 heterocycles. The quantitative estimate of drug-likeness (QED) is 0.701. The molecule has 84 valence electrons. The van der Waals surface area contributed by atoms with Crippen molar-refractivity contribution in [2.75, 3.05) is 33.4 Å². The Bertz CT molecular complexity index is 164. The average Bonchev–Trinajstić information content (AvgIpc) is 2.21. The number of nitrogens with two attached hydrogens (primary N) is 1. The molecule has 0 radical (unpaired) electrons. The van der Waals surface area contributed by atoms with E-state index in [9.17, 15) is 0 Å². The minimum absolute atomic E-state index is 0.190. The van der Waals surface area contributed by atoms with E-state index in [-0.39, 0.29) is 12.2 Å². The van der Waals surface area contributed by atoms with Gasteiger partial charge in [-0.1, -0.05) is 0 Å². The first-order chi connectivity index (χ1) is 6.67. The first kappa shape index (κ1) is 11.9. The summed E-state index contributed by atoms with van der Waals surface area (Å²) in [6.45, 7) is 7.51. The highest BCUT2D eigenvalue weighted by molar-refractivity contribution is 4.79. The molecule has 1 saturated heterocycles. The Labute approximate surface area is 86.3 Å². The third kappa shape index (κ3) is 3.20.